The van der Waals surface area contributed by atoms with Crippen LogP contribution < -0.4 is 15.2 Å². The highest BCUT2D eigenvalue weighted by Crippen LogP contribution is 2.31. The molecule has 2 heterocycles. The van der Waals surface area contributed by atoms with Crippen LogP contribution in [0, 0.1) is 0 Å². The average Bonchev–Trinajstić information content (AvgIpc) is 2.71. The van der Waals surface area contributed by atoms with Crippen LogP contribution in [0.1, 0.15) is 11.1 Å². The fraction of sp³-hybridized carbons (Fsp3) is 0.308. The number of hydrogen-bond donors (Lipinski definition) is 1. The van der Waals surface area contributed by atoms with Crippen LogP contribution in [-0.2, 0) is 13.5 Å². The number of nitrogens with two attached hydrogens (primary N) is 1. The van der Waals surface area contributed by atoms with Crippen molar-refractivity contribution in [3.63, 3.8) is 0 Å². The molecule has 0 unspecified atom stereocenters. The predicted octanol–water partition coefficient (Wildman–Crippen LogP) is 1.36. The van der Waals surface area contributed by atoms with Crippen molar-refractivity contribution in [2.75, 3.05) is 18.9 Å². The highest BCUT2D eigenvalue weighted by Gasteiger charge is 2.13. The molecule has 0 spiro atoms. The van der Waals surface area contributed by atoms with E-state index in [0.29, 0.717) is 19.0 Å². The van der Waals surface area contributed by atoms with E-state index in [4.69, 9.17) is 15.2 Å². The van der Waals surface area contributed by atoms with Gasteiger partial charge in [0.05, 0.1) is 6.20 Å². The van der Waals surface area contributed by atoms with E-state index in [1.54, 1.807) is 10.9 Å². The average molecular weight is 245 g/mol. The van der Waals surface area contributed by atoms with Gasteiger partial charge in [-0.15, -0.1) is 0 Å². The first-order valence-corrected chi connectivity index (χ1v) is 5.89. The number of nitrogens with zero attached hydrogens (tertiary/aromatic N) is 2. The van der Waals surface area contributed by atoms with Crippen molar-refractivity contribution in [3.8, 4) is 11.5 Å². The van der Waals surface area contributed by atoms with Crippen molar-refractivity contribution in [2.24, 2.45) is 7.05 Å². The maximum absolute atomic E-state index is 5.93. The molecule has 2 aromatic rings. The Labute approximate surface area is 105 Å². The van der Waals surface area contributed by atoms with Crippen LogP contribution in [0.15, 0.2) is 24.4 Å². The molecule has 2 N–H and O–H groups in total. The smallest absolute Gasteiger partial charge is 0.161 e. The summed E-state index contributed by atoms with van der Waals surface area (Å²) in [6, 6.07) is 5.97. The van der Waals surface area contributed by atoms with E-state index in [1.807, 2.05) is 25.2 Å². The van der Waals surface area contributed by atoms with E-state index >= 15 is 0 Å². The Kier molecular flexibility index (Phi) is 2.59. The molecule has 3 rings (SSSR count). The van der Waals surface area contributed by atoms with Gasteiger partial charge >= 0.3 is 0 Å². The monoisotopic (exact) mass is 245 g/mol. The molecule has 0 saturated carbocycles. The molecule has 0 aliphatic carbocycles. The summed E-state index contributed by atoms with van der Waals surface area (Å²) >= 11 is 0. The van der Waals surface area contributed by atoms with Crippen LogP contribution >= 0.6 is 0 Å². The summed E-state index contributed by atoms with van der Waals surface area (Å²) in [7, 11) is 1.84. The summed E-state index contributed by atoms with van der Waals surface area (Å²) in [4.78, 5) is 0. The molecule has 5 nitrogen and oxygen atoms in total. The van der Waals surface area contributed by atoms with Gasteiger partial charge < -0.3 is 15.2 Å². The molecular weight excluding hydrogens is 230 g/mol. The minimum Gasteiger partial charge on any atom is -0.486 e. The van der Waals surface area contributed by atoms with E-state index < -0.39 is 0 Å². The Morgan fingerprint density at radius 1 is 1.28 bits per heavy atom. The number of nitrogen functional groups attached to an aromatic ring is 1. The predicted molar refractivity (Wildman–Crippen MR) is 67.9 cm³/mol. The van der Waals surface area contributed by atoms with Crippen molar-refractivity contribution < 1.29 is 9.47 Å². The number of benzene rings is 1. The third-order valence-electron chi connectivity index (χ3n) is 3.07. The standard InChI is InChI=1S/C13H15N3O2/c1-16-13(14)10(8-15-16)6-9-2-3-11-12(7-9)18-5-4-17-11/h2-3,7-8H,4-6,14H2,1H3. The van der Waals surface area contributed by atoms with Gasteiger partial charge in [-0.25, -0.2) is 0 Å². The molecular formula is C13H15N3O2. The van der Waals surface area contributed by atoms with E-state index in [9.17, 15) is 0 Å². The number of ether oxygens (including phenoxy) is 2. The lowest BCUT2D eigenvalue weighted by Crippen LogP contribution is -2.15. The molecule has 0 atom stereocenters. The molecule has 1 aliphatic rings. The van der Waals surface area contributed by atoms with Gasteiger partial charge in [0.15, 0.2) is 11.5 Å². The van der Waals surface area contributed by atoms with Gasteiger partial charge in [0, 0.05) is 19.0 Å². The maximum Gasteiger partial charge on any atom is 0.161 e. The maximum atomic E-state index is 5.93. The number of hydrogen-bond acceptors (Lipinski definition) is 4. The Bertz CT molecular complexity index is 578. The Balaban J connectivity index is 1.87. The van der Waals surface area contributed by atoms with Gasteiger partial charge in [-0.1, -0.05) is 6.07 Å². The zero-order valence-corrected chi connectivity index (χ0v) is 10.2. The van der Waals surface area contributed by atoms with Crippen molar-refractivity contribution in [3.05, 3.63) is 35.5 Å². The molecule has 1 aliphatic heterocycles. The first kappa shape index (κ1) is 11.0. The van der Waals surface area contributed by atoms with Gasteiger partial charge in [-0.2, -0.15) is 5.10 Å². The number of aromatic nitrogens is 2. The van der Waals surface area contributed by atoms with Crippen LogP contribution in [0.4, 0.5) is 5.82 Å². The molecule has 5 heteroatoms. The normalized spacial score (nSPS) is 13.6. The summed E-state index contributed by atoms with van der Waals surface area (Å²) in [5.74, 6) is 2.32. The molecule has 0 bridgehead atoms. The summed E-state index contributed by atoms with van der Waals surface area (Å²) in [5, 5.41) is 4.14. The third-order valence-corrected chi connectivity index (χ3v) is 3.07. The van der Waals surface area contributed by atoms with Crippen LogP contribution in [-0.4, -0.2) is 23.0 Å². The van der Waals surface area contributed by atoms with Crippen LogP contribution in [0.3, 0.4) is 0 Å². The number of rotatable bonds is 2. The first-order chi connectivity index (χ1) is 8.74. The van der Waals surface area contributed by atoms with Crippen molar-refractivity contribution >= 4 is 5.82 Å². The summed E-state index contributed by atoms with van der Waals surface area (Å²) in [6.45, 7) is 1.22. The van der Waals surface area contributed by atoms with E-state index in [2.05, 4.69) is 5.10 Å². The summed E-state index contributed by atoms with van der Waals surface area (Å²) in [6.07, 6.45) is 2.54. The molecule has 0 radical (unpaired) electrons. The Morgan fingerprint density at radius 2 is 2.06 bits per heavy atom. The zero-order valence-electron chi connectivity index (χ0n) is 10.2. The zero-order chi connectivity index (χ0) is 12.5. The number of aryl methyl sites for hydroxylation is 1. The lowest BCUT2D eigenvalue weighted by atomic mass is 10.1. The lowest BCUT2D eigenvalue weighted by Gasteiger charge is -2.18. The number of anilines is 1. The molecule has 1 aromatic carbocycles. The molecule has 94 valence electrons. The summed E-state index contributed by atoms with van der Waals surface area (Å²) in [5.41, 5.74) is 8.09. The second kappa shape index (κ2) is 4.25. The minimum absolute atomic E-state index is 0.603. The van der Waals surface area contributed by atoms with Gasteiger partial charge in [-0.3, -0.25) is 4.68 Å². The van der Waals surface area contributed by atoms with E-state index in [1.165, 1.54) is 0 Å². The third kappa shape index (κ3) is 1.88. The molecule has 0 amide bonds. The second-order valence-electron chi connectivity index (χ2n) is 4.33. The van der Waals surface area contributed by atoms with Gasteiger partial charge in [0.25, 0.3) is 0 Å². The van der Waals surface area contributed by atoms with E-state index in [-0.39, 0.29) is 0 Å². The van der Waals surface area contributed by atoms with Crippen molar-refractivity contribution in [1.82, 2.24) is 9.78 Å². The molecule has 0 saturated heterocycles. The molecule has 1 aromatic heterocycles. The minimum atomic E-state index is 0.603. The highest BCUT2D eigenvalue weighted by atomic mass is 16.6. The second-order valence-corrected chi connectivity index (χ2v) is 4.33. The lowest BCUT2D eigenvalue weighted by molar-refractivity contribution is 0.171. The Hall–Kier alpha value is -2.17. The first-order valence-electron chi connectivity index (χ1n) is 5.89. The summed E-state index contributed by atoms with van der Waals surface area (Å²) < 4.78 is 12.7. The number of fused-ring (bicyclic) bond motifs is 1. The molecule has 0 fully saturated rings. The molecule has 18 heavy (non-hydrogen) atoms. The van der Waals surface area contributed by atoms with Crippen LogP contribution in [0.25, 0.3) is 0 Å². The van der Waals surface area contributed by atoms with Gasteiger partial charge in [-0.05, 0) is 17.7 Å². The largest absolute Gasteiger partial charge is 0.486 e. The van der Waals surface area contributed by atoms with Crippen LogP contribution in [0.2, 0.25) is 0 Å². The fourth-order valence-corrected chi connectivity index (χ4v) is 2.05. The Morgan fingerprint density at radius 3 is 2.78 bits per heavy atom. The SMILES string of the molecule is Cn1ncc(Cc2ccc3c(c2)OCCO3)c1N. The van der Waals surface area contributed by atoms with E-state index in [0.717, 1.165) is 29.0 Å². The van der Waals surface area contributed by atoms with Gasteiger partial charge in [0.2, 0.25) is 0 Å². The highest BCUT2D eigenvalue weighted by molar-refractivity contribution is 5.47. The van der Waals surface area contributed by atoms with Crippen molar-refractivity contribution in [2.45, 2.75) is 6.42 Å². The van der Waals surface area contributed by atoms with Crippen molar-refractivity contribution in [1.29, 1.82) is 0 Å². The van der Waals surface area contributed by atoms with Gasteiger partial charge in [0.1, 0.15) is 19.0 Å². The quantitative estimate of drug-likeness (QED) is 0.867. The van der Waals surface area contributed by atoms with Crippen LogP contribution in [0.5, 0.6) is 11.5 Å². The fourth-order valence-electron chi connectivity index (χ4n) is 2.05. The topological polar surface area (TPSA) is 62.3 Å².